The number of nitro benzene ring substituents is 1. The molecule has 0 unspecified atom stereocenters. The molecule has 0 heterocycles. The maximum Gasteiger partial charge on any atom is 0.311 e. The van der Waals surface area contributed by atoms with Crippen molar-refractivity contribution in [1.82, 2.24) is 0 Å². The second kappa shape index (κ2) is 9.00. The number of rotatable bonds is 7. The maximum atomic E-state index is 12.2. The molecule has 9 heteroatoms. The standard InChI is InChI=1S/C18H17ClN2O6/c1-11(18(23)20-14-5-3-4-6-15(14)21(24)25)27-17(22)10-12-9-13(19)7-8-16(12)26-2/h3-9,11H,10H2,1-2H3,(H,20,23)/t11-/m0/s1. The van der Waals surface area contributed by atoms with Crippen molar-refractivity contribution in [3.05, 3.63) is 63.2 Å². The van der Waals surface area contributed by atoms with Gasteiger partial charge in [-0.1, -0.05) is 23.7 Å². The van der Waals surface area contributed by atoms with Gasteiger partial charge in [0, 0.05) is 16.7 Å². The summed E-state index contributed by atoms with van der Waals surface area (Å²) in [5.74, 6) is -0.884. The number of halogens is 1. The molecule has 0 aliphatic rings. The van der Waals surface area contributed by atoms with Crippen molar-refractivity contribution in [1.29, 1.82) is 0 Å². The number of benzene rings is 2. The van der Waals surface area contributed by atoms with Crippen molar-refractivity contribution in [2.24, 2.45) is 0 Å². The number of nitro groups is 1. The minimum Gasteiger partial charge on any atom is -0.496 e. The molecule has 0 saturated heterocycles. The fraction of sp³-hybridized carbons (Fsp3) is 0.222. The Morgan fingerprint density at radius 2 is 1.96 bits per heavy atom. The van der Waals surface area contributed by atoms with Crippen molar-refractivity contribution in [3.63, 3.8) is 0 Å². The number of esters is 1. The summed E-state index contributed by atoms with van der Waals surface area (Å²) < 4.78 is 10.3. The van der Waals surface area contributed by atoms with Crippen LogP contribution in [0.2, 0.25) is 5.02 Å². The van der Waals surface area contributed by atoms with Gasteiger partial charge >= 0.3 is 5.97 Å². The van der Waals surface area contributed by atoms with E-state index in [9.17, 15) is 19.7 Å². The third-order valence-electron chi connectivity index (χ3n) is 3.61. The summed E-state index contributed by atoms with van der Waals surface area (Å²) in [6.07, 6.45) is -1.30. The van der Waals surface area contributed by atoms with Crippen LogP contribution in [-0.2, 0) is 20.7 Å². The Bertz CT molecular complexity index is 871. The zero-order valence-electron chi connectivity index (χ0n) is 14.6. The zero-order valence-corrected chi connectivity index (χ0v) is 15.4. The average Bonchev–Trinajstić information content (AvgIpc) is 2.62. The van der Waals surface area contributed by atoms with Crippen molar-refractivity contribution in [2.45, 2.75) is 19.4 Å². The van der Waals surface area contributed by atoms with Gasteiger partial charge in [-0.2, -0.15) is 0 Å². The monoisotopic (exact) mass is 392 g/mol. The van der Waals surface area contributed by atoms with E-state index in [4.69, 9.17) is 21.1 Å². The van der Waals surface area contributed by atoms with Crippen LogP contribution in [0, 0.1) is 10.1 Å². The van der Waals surface area contributed by atoms with E-state index in [2.05, 4.69) is 5.32 Å². The number of hydrogen-bond donors (Lipinski definition) is 1. The molecule has 0 bridgehead atoms. The molecule has 2 rings (SSSR count). The molecule has 2 aromatic rings. The number of carbonyl (C=O) groups is 2. The SMILES string of the molecule is COc1ccc(Cl)cc1CC(=O)O[C@@H](C)C(=O)Nc1ccccc1[N+](=O)[O-]. The molecule has 2 aromatic carbocycles. The van der Waals surface area contributed by atoms with E-state index in [0.29, 0.717) is 16.3 Å². The Morgan fingerprint density at radius 1 is 1.26 bits per heavy atom. The van der Waals surface area contributed by atoms with Gasteiger partial charge in [0.05, 0.1) is 18.5 Å². The summed E-state index contributed by atoms with van der Waals surface area (Å²) in [5, 5.41) is 13.8. The second-order valence-corrected chi connectivity index (χ2v) is 5.96. The number of carbonyl (C=O) groups excluding carboxylic acids is 2. The Balaban J connectivity index is 2.01. The van der Waals surface area contributed by atoms with Crippen molar-refractivity contribution in [2.75, 3.05) is 12.4 Å². The van der Waals surface area contributed by atoms with Crippen molar-refractivity contribution in [3.8, 4) is 5.75 Å². The minimum atomic E-state index is -1.15. The first kappa shape index (κ1) is 20.2. The van der Waals surface area contributed by atoms with Crippen LogP contribution in [0.15, 0.2) is 42.5 Å². The van der Waals surface area contributed by atoms with Crippen molar-refractivity contribution >= 4 is 34.9 Å². The van der Waals surface area contributed by atoms with E-state index in [1.165, 1.54) is 32.2 Å². The Morgan fingerprint density at radius 3 is 2.63 bits per heavy atom. The van der Waals surface area contributed by atoms with Crippen LogP contribution in [0.1, 0.15) is 12.5 Å². The maximum absolute atomic E-state index is 12.2. The molecule has 0 aromatic heterocycles. The number of methoxy groups -OCH3 is 1. The van der Waals surface area contributed by atoms with Gasteiger partial charge in [0.1, 0.15) is 11.4 Å². The van der Waals surface area contributed by atoms with Gasteiger partial charge in [-0.05, 0) is 31.2 Å². The fourth-order valence-electron chi connectivity index (χ4n) is 2.31. The third kappa shape index (κ3) is 5.42. The highest BCUT2D eigenvalue weighted by Crippen LogP contribution is 2.25. The molecule has 1 N–H and O–H groups in total. The summed E-state index contributed by atoms with van der Waals surface area (Å²) in [6, 6.07) is 10.5. The summed E-state index contributed by atoms with van der Waals surface area (Å²) >= 11 is 5.92. The van der Waals surface area contributed by atoms with E-state index >= 15 is 0 Å². The molecule has 27 heavy (non-hydrogen) atoms. The van der Waals surface area contributed by atoms with Crippen LogP contribution in [0.3, 0.4) is 0 Å². The van der Waals surface area contributed by atoms with Crippen LogP contribution in [0.5, 0.6) is 5.75 Å². The van der Waals surface area contributed by atoms with Crippen LogP contribution >= 0.6 is 11.6 Å². The first-order valence-electron chi connectivity index (χ1n) is 7.88. The Hall–Kier alpha value is -3.13. The number of anilines is 1. The van der Waals surface area contributed by atoms with E-state index in [-0.39, 0.29) is 17.8 Å². The van der Waals surface area contributed by atoms with Gasteiger partial charge in [-0.3, -0.25) is 19.7 Å². The smallest absolute Gasteiger partial charge is 0.311 e. The summed E-state index contributed by atoms with van der Waals surface area (Å²) in [4.78, 5) is 34.7. The molecule has 0 aliphatic heterocycles. The molecular weight excluding hydrogens is 376 g/mol. The lowest BCUT2D eigenvalue weighted by Crippen LogP contribution is -2.30. The van der Waals surface area contributed by atoms with Gasteiger partial charge in [-0.15, -0.1) is 0 Å². The van der Waals surface area contributed by atoms with E-state index in [1.807, 2.05) is 0 Å². The lowest BCUT2D eigenvalue weighted by atomic mass is 10.1. The fourth-order valence-corrected chi connectivity index (χ4v) is 2.50. The van der Waals surface area contributed by atoms with Crippen LogP contribution < -0.4 is 10.1 Å². The van der Waals surface area contributed by atoms with Gasteiger partial charge < -0.3 is 14.8 Å². The minimum absolute atomic E-state index is 0.0203. The molecule has 0 aliphatic carbocycles. The van der Waals surface area contributed by atoms with Gasteiger partial charge in [-0.25, -0.2) is 0 Å². The predicted octanol–water partition coefficient (Wildman–Crippen LogP) is 3.37. The van der Waals surface area contributed by atoms with Crippen LogP contribution in [0.4, 0.5) is 11.4 Å². The Kier molecular flexibility index (Phi) is 6.73. The normalized spacial score (nSPS) is 11.4. The molecule has 1 amide bonds. The topological polar surface area (TPSA) is 108 Å². The number of ether oxygens (including phenoxy) is 2. The molecule has 8 nitrogen and oxygen atoms in total. The van der Waals surface area contributed by atoms with E-state index < -0.39 is 22.9 Å². The van der Waals surface area contributed by atoms with E-state index in [0.717, 1.165) is 0 Å². The predicted molar refractivity (Wildman–Crippen MR) is 99.0 cm³/mol. The number of nitrogens with one attached hydrogen (secondary N) is 1. The zero-order chi connectivity index (χ0) is 20.0. The largest absolute Gasteiger partial charge is 0.496 e. The molecular formula is C18H17ClN2O6. The molecule has 0 fully saturated rings. The third-order valence-corrected chi connectivity index (χ3v) is 3.85. The summed E-state index contributed by atoms with van der Waals surface area (Å²) in [7, 11) is 1.46. The number of nitrogens with zero attached hydrogens (tertiary/aromatic N) is 1. The van der Waals surface area contributed by atoms with Gasteiger partial charge in [0.15, 0.2) is 6.10 Å². The Labute approximate surface area is 160 Å². The second-order valence-electron chi connectivity index (χ2n) is 5.53. The number of para-hydroxylation sites is 2. The highest BCUT2D eigenvalue weighted by Gasteiger charge is 2.22. The molecule has 142 valence electrons. The highest BCUT2D eigenvalue weighted by atomic mass is 35.5. The quantitative estimate of drug-likeness (QED) is 0.439. The van der Waals surface area contributed by atoms with Gasteiger partial charge in [0.25, 0.3) is 11.6 Å². The summed E-state index contributed by atoms with van der Waals surface area (Å²) in [5.41, 5.74) is 0.279. The van der Waals surface area contributed by atoms with Crippen LogP contribution in [-0.4, -0.2) is 30.0 Å². The number of amides is 1. The lowest BCUT2D eigenvalue weighted by molar-refractivity contribution is -0.383. The first-order valence-corrected chi connectivity index (χ1v) is 8.25. The summed E-state index contributed by atoms with van der Waals surface area (Å²) in [6.45, 7) is 1.37. The molecule has 0 radical (unpaired) electrons. The van der Waals surface area contributed by atoms with Crippen molar-refractivity contribution < 1.29 is 24.0 Å². The lowest BCUT2D eigenvalue weighted by Gasteiger charge is -2.14. The number of hydrogen-bond acceptors (Lipinski definition) is 6. The molecule has 0 saturated carbocycles. The van der Waals surface area contributed by atoms with Crippen LogP contribution in [0.25, 0.3) is 0 Å². The average molecular weight is 393 g/mol. The van der Waals surface area contributed by atoms with Gasteiger partial charge in [0.2, 0.25) is 0 Å². The van der Waals surface area contributed by atoms with E-state index in [1.54, 1.807) is 24.3 Å². The molecule has 1 atom stereocenters. The molecule has 0 spiro atoms. The first-order chi connectivity index (χ1) is 12.8. The highest BCUT2D eigenvalue weighted by molar-refractivity contribution is 6.30.